The minimum atomic E-state index is -0.860. The van der Waals surface area contributed by atoms with Crippen molar-refractivity contribution in [2.45, 2.75) is 16.2 Å². The summed E-state index contributed by atoms with van der Waals surface area (Å²) in [5.41, 5.74) is 6.54. The van der Waals surface area contributed by atoms with Crippen LogP contribution in [0, 0.1) is 11.6 Å². The van der Waals surface area contributed by atoms with Crippen molar-refractivity contribution in [3.05, 3.63) is 58.6 Å². The average Bonchev–Trinajstić information content (AvgIpc) is 2.37. The van der Waals surface area contributed by atoms with Crippen LogP contribution in [-0.4, -0.2) is 6.54 Å². The monoisotopic (exact) mass is 299 g/mol. The van der Waals surface area contributed by atoms with E-state index in [-0.39, 0.29) is 0 Å². The second-order valence-corrected chi connectivity index (χ2v) is 5.50. The van der Waals surface area contributed by atoms with Gasteiger partial charge in [0.05, 0.1) is 5.02 Å². The van der Waals surface area contributed by atoms with Gasteiger partial charge in [-0.1, -0.05) is 29.4 Å². The lowest BCUT2D eigenvalue weighted by atomic mass is 10.1. The predicted octanol–water partition coefficient (Wildman–Crippen LogP) is 4.27. The standard InChI is InChI=1S/C14H12ClF2NS/c15-11-7-9(5-6-18)1-4-14(11)19-10-2-3-12(16)13(17)8-10/h1-4,7-8H,5-6,18H2. The van der Waals surface area contributed by atoms with Crippen LogP contribution in [0.5, 0.6) is 0 Å². The molecule has 0 saturated heterocycles. The summed E-state index contributed by atoms with van der Waals surface area (Å²) in [4.78, 5) is 1.40. The van der Waals surface area contributed by atoms with E-state index in [0.717, 1.165) is 29.0 Å². The molecule has 0 amide bonds. The van der Waals surface area contributed by atoms with Crippen molar-refractivity contribution in [1.82, 2.24) is 0 Å². The first-order chi connectivity index (χ1) is 9.10. The number of halogens is 3. The molecular formula is C14H12ClF2NS. The summed E-state index contributed by atoms with van der Waals surface area (Å²) < 4.78 is 25.9. The highest BCUT2D eigenvalue weighted by molar-refractivity contribution is 7.99. The lowest BCUT2D eigenvalue weighted by Gasteiger charge is -2.07. The fourth-order valence-corrected chi connectivity index (χ4v) is 2.78. The molecule has 2 N–H and O–H groups in total. The lowest BCUT2D eigenvalue weighted by molar-refractivity contribution is 0.506. The molecule has 5 heteroatoms. The van der Waals surface area contributed by atoms with E-state index < -0.39 is 11.6 Å². The Labute approximate surface area is 119 Å². The zero-order chi connectivity index (χ0) is 13.8. The molecule has 100 valence electrons. The van der Waals surface area contributed by atoms with Gasteiger partial charge in [-0.05, 0) is 48.9 Å². The molecule has 0 aliphatic heterocycles. The highest BCUT2D eigenvalue weighted by Gasteiger charge is 2.07. The van der Waals surface area contributed by atoms with Gasteiger partial charge >= 0.3 is 0 Å². The van der Waals surface area contributed by atoms with Gasteiger partial charge in [0.15, 0.2) is 11.6 Å². The van der Waals surface area contributed by atoms with E-state index in [2.05, 4.69) is 0 Å². The SMILES string of the molecule is NCCc1ccc(Sc2ccc(F)c(F)c2)c(Cl)c1. The molecule has 2 aromatic carbocycles. The molecular weight excluding hydrogens is 288 g/mol. The van der Waals surface area contributed by atoms with E-state index in [1.165, 1.54) is 17.8 Å². The first-order valence-corrected chi connectivity index (χ1v) is 6.91. The molecule has 19 heavy (non-hydrogen) atoms. The average molecular weight is 300 g/mol. The normalized spacial score (nSPS) is 10.7. The first-order valence-electron chi connectivity index (χ1n) is 5.71. The Kier molecular flexibility index (Phi) is 4.80. The minimum absolute atomic E-state index is 0.561. The fourth-order valence-electron chi connectivity index (χ4n) is 1.62. The van der Waals surface area contributed by atoms with Crippen molar-refractivity contribution >= 4 is 23.4 Å². The van der Waals surface area contributed by atoms with Gasteiger partial charge < -0.3 is 5.73 Å². The maximum atomic E-state index is 13.1. The van der Waals surface area contributed by atoms with E-state index in [4.69, 9.17) is 17.3 Å². The van der Waals surface area contributed by atoms with Crippen molar-refractivity contribution in [3.8, 4) is 0 Å². The van der Waals surface area contributed by atoms with E-state index in [9.17, 15) is 8.78 Å². The smallest absolute Gasteiger partial charge is 0.159 e. The quantitative estimate of drug-likeness (QED) is 0.912. The van der Waals surface area contributed by atoms with Crippen LogP contribution in [0.1, 0.15) is 5.56 Å². The molecule has 0 fully saturated rings. The van der Waals surface area contributed by atoms with Gasteiger partial charge in [-0.2, -0.15) is 0 Å². The number of nitrogens with two attached hydrogens (primary N) is 1. The van der Waals surface area contributed by atoms with Crippen LogP contribution in [0.3, 0.4) is 0 Å². The van der Waals surface area contributed by atoms with Crippen LogP contribution in [0.15, 0.2) is 46.2 Å². The summed E-state index contributed by atoms with van der Waals surface area (Å²) in [6.45, 7) is 0.561. The Morgan fingerprint density at radius 2 is 1.84 bits per heavy atom. The zero-order valence-corrected chi connectivity index (χ0v) is 11.6. The molecule has 2 aromatic rings. The van der Waals surface area contributed by atoms with Gasteiger partial charge in [0, 0.05) is 9.79 Å². The zero-order valence-electron chi connectivity index (χ0n) is 10.00. The van der Waals surface area contributed by atoms with Crippen LogP contribution in [-0.2, 0) is 6.42 Å². The Bertz CT molecular complexity index is 590. The molecule has 1 nitrogen and oxygen atoms in total. The van der Waals surface area contributed by atoms with Crippen molar-refractivity contribution in [3.63, 3.8) is 0 Å². The minimum Gasteiger partial charge on any atom is -0.330 e. The van der Waals surface area contributed by atoms with Crippen LogP contribution in [0.2, 0.25) is 5.02 Å². The van der Waals surface area contributed by atoms with Crippen molar-refractivity contribution in [2.75, 3.05) is 6.54 Å². The van der Waals surface area contributed by atoms with E-state index in [0.29, 0.717) is 16.5 Å². The number of hydrogen-bond donors (Lipinski definition) is 1. The van der Waals surface area contributed by atoms with Gasteiger partial charge in [-0.15, -0.1) is 0 Å². The number of hydrogen-bond acceptors (Lipinski definition) is 2. The molecule has 0 aliphatic rings. The highest BCUT2D eigenvalue weighted by atomic mass is 35.5. The van der Waals surface area contributed by atoms with E-state index in [1.54, 1.807) is 0 Å². The summed E-state index contributed by atoms with van der Waals surface area (Å²) in [5, 5.41) is 0.584. The molecule has 0 radical (unpaired) electrons. The summed E-state index contributed by atoms with van der Waals surface area (Å²) in [7, 11) is 0. The van der Waals surface area contributed by atoms with Crippen LogP contribution in [0.25, 0.3) is 0 Å². The van der Waals surface area contributed by atoms with Crippen molar-refractivity contribution < 1.29 is 8.78 Å². The van der Waals surface area contributed by atoms with Gasteiger partial charge in [-0.3, -0.25) is 0 Å². The largest absolute Gasteiger partial charge is 0.330 e. The Morgan fingerprint density at radius 1 is 1.05 bits per heavy atom. The molecule has 0 saturated carbocycles. The Balaban J connectivity index is 2.20. The molecule has 0 atom stereocenters. The summed E-state index contributed by atoms with van der Waals surface area (Å²) in [5.74, 6) is -1.71. The van der Waals surface area contributed by atoms with Crippen molar-refractivity contribution in [2.24, 2.45) is 5.73 Å². The number of benzene rings is 2. The Morgan fingerprint density at radius 3 is 2.47 bits per heavy atom. The molecule has 0 spiro atoms. The van der Waals surface area contributed by atoms with Gasteiger partial charge in [-0.25, -0.2) is 8.78 Å². The highest BCUT2D eigenvalue weighted by Crippen LogP contribution is 2.34. The third-order valence-corrected chi connectivity index (χ3v) is 4.04. The maximum absolute atomic E-state index is 13.1. The van der Waals surface area contributed by atoms with Gasteiger partial charge in [0.25, 0.3) is 0 Å². The topological polar surface area (TPSA) is 26.0 Å². The van der Waals surface area contributed by atoms with Gasteiger partial charge in [0.2, 0.25) is 0 Å². The number of rotatable bonds is 4. The molecule has 0 unspecified atom stereocenters. The third-order valence-electron chi connectivity index (χ3n) is 2.55. The lowest BCUT2D eigenvalue weighted by Crippen LogP contribution is -2.02. The third kappa shape index (κ3) is 3.69. The molecule has 0 bridgehead atoms. The van der Waals surface area contributed by atoms with Crippen LogP contribution in [0.4, 0.5) is 8.78 Å². The van der Waals surface area contributed by atoms with Crippen LogP contribution >= 0.6 is 23.4 Å². The summed E-state index contributed by atoms with van der Waals surface area (Å²) >= 11 is 7.45. The summed E-state index contributed by atoms with van der Waals surface area (Å²) in [6, 6.07) is 9.42. The molecule has 2 rings (SSSR count). The molecule has 0 heterocycles. The molecule has 0 aliphatic carbocycles. The predicted molar refractivity (Wildman–Crippen MR) is 74.7 cm³/mol. The van der Waals surface area contributed by atoms with E-state index in [1.807, 2.05) is 18.2 Å². The first kappa shape index (κ1) is 14.3. The summed E-state index contributed by atoms with van der Waals surface area (Å²) in [6.07, 6.45) is 0.760. The van der Waals surface area contributed by atoms with Crippen molar-refractivity contribution in [1.29, 1.82) is 0 Å². The second-order valence-electron chi connectivity index (χ2n) is 3.98. The van der Waals surface area contributed by atoms with Gasteiger partial charge in [0.1, 0.15) is 0 Å². The van der Waals surface area contributed by atoms with E-state index >= 15 is 0 Å². The molecule has 0 aromatic heterocycles. The Hall–Kier alpha value is -1.10. The fraction of sp³-hybridized carbons (Fsp3) is 0.143. The van der Waals surface area contributed by atoms with Crippen LogP contribution < -0.4 is 5.73 Å². The maximum Gasteiger partial charge on any atom is 0.159 e. The second kappa shape index (κ2) is 6.37.